The monoisotopic (exact) mass is 298 g/mol. The van der Waals surface area contributed by atoms with E-state index < -0.39 is 41.1 Å². The molecule has 3 aliphatic rings. The second-order valence-corrected chi connectivity index (χ2v) is 5.80. The lowest BCUT2D eigenvalue weighted by molar-refractivity contribution is -0.228. The van der Waals surface area contributed by atoms with Gasteiger partial charge in [0.2, 0.25) is 5.79 Å². The summed E-state index contributed by atoms with van der Waals surface area (Å²) in [6, 6.07) is 0. The van der Waals surface area contributed by atoms with E-state index in [1.54, 1.807) is 0 Å². The summed E-state index contributed by atoms with van der Waals surface area (Å²) in [5.74, 6) is -3.99. The molecule has 0 aromatic heterocycles. The van der Waals surface area contributed by atoms with Crippen molar-refractivity contribution in [2.45, 2.75) is 25.2 Å². The zero-order valence-corrected chi connectivity index (χ0v) is 12.4. The Labute approximate surface area is 121 Å². The molecule has 0 saturated heterocycles. The molecule has 7 nitrogen and oxygen atoms in total. The van der Waals surface area contributed by atoms with E-state index in [9.17, 15) is 14.4 Å². The van der Waals surface area contributed by atoms with Crippen molar-refractivity contribution in [1.29, 1.82) is 0 Å². The number of hydrogen-bond donors (Lipinski definition) is 0. The van der Waals surface area contributed by atoms with Crippen LogP contribution in [0.5, 0.6) is 0 Å². The van der Waals surface area contributed by atoms with Gasteiger partial charge >= 0.3 is 11.9 Å². The molecule has 3 aliphatic carbocycles. The molecule has 0 aliphatic heterocycles. The smallest absolute Gasteiger partial charge is 0.313 e. The third-order valence-electron chi connectivity index (χ3n) is 5.31. The van der Waals surface area contributed by atoms with Crippen molar-refractivity contribution in [2.24, 2.45) is 23.2 Å². The van der Waals surface area contributed by atoms with Crippen LogP contribution in [-0.4, -0.2) is 50.9 Å². The van der Waals surface area contributed by atoms with E-state index in [-0.39, 0.29) is 11.7 Å². The second-order valence-electron chi connectivity index (χ2n) is 5.80. The van der Waals surface area contributed by atoms with Crippen molar-refractivity contribution in [3.8, 4) is 0 Å². The van der Waals surface area contributed by atoms with Crippen LogP contribution in [0.2, 0.25) is 0 Å². The summed E-state index contributed by atoms with van der Waals surface area (Å²) in [4.78, 5) is 36.2. The Kier molecular flexibility index (Phi) is 2.94. The average molecular weight is 298 g/mol. The van der Waals surface area contributed by atoms with Gasteiger partial charge in [0.15, 0.2) is 5.78 Å². The van der Waals surface area contributed by atoms with Gasteiger partial charge in [0, 0.05) is 38.9 Å². The standard InChI is InChI=1S/C14H18O7/c1-6(15)21-7-5-8-13(12(17)18-2)9(7)10(13)11(16)14(8,19-3)20-4/h7-10H,5H2,1-4H3/t7-,8-,9-,10-,13+/m1/s1. The third kappa shape index (κ3) is 1.38. The first-order valence-electron chi connectivity index (χ1n) is 6.82. The molecule has 7 heteroatoms. The number of fused-ring (bicyclic) bond motifs is 1. The number of hydrogen-bond acceptors (Lipinski definition) is 7. The molecule has 5 atom stereocenters. The highest BCUT2D eigenvalue weighted by Crippen LogP contribution is 2.79. The normalized spacial score (nSPS) is 41.6. The number of ether oxygens (including phenoxy) is 4. The van der Waals surface area contributed by atoms with Crippen molar-refractivity contribution in [1.82, 2.24) is 0 Å². The zero-order chi connectivity index (χ0) is 15.6. The minimum atomic E-state index is -1.45. The number of carbonyl (C=O) groups excluding carboxylic acids is 3. The zero-order valence-electron chi connectivity index (χ0n) is 12.4. The summed E-state index contributed by atoms with van der Waals surface area (Å²) in [5, 5.41) is 0. The SMILES string of the molecule is COC(=O)[C@]12[C@@H]3[C@H](OC(C)=O)C[C@H]1C(OC)(OC)C(=O)[C@@H]32. The Balaban J connectivity index is 2.04. The highest BCUT2D eigenvalue weighted by molar-refractivity contribution is 6.05. The first-order chi connectivity index (χ1) is 9.91. The van der Waals surface area contributed by atoms with Crippen LogP contribution in [0, 0.1) is 23.2 Å². The van der Waals surface area contributed by atoms with E-state index in [1.165, 1.54) is 28.3 Å². The lowest BCUT2D eigenvalue weighted by atomic mass is 9.87. The van der Waals surface area contributed by atoms with Crippen molar-refractivity contribution in [2.75, 3.05) is 21.3 Å². The Morgan fingerprint density at radius 2 is 1.81 bits per heavy atom. The summed E-state index contributed by atoms with van der Waals surface area (Å²) in [5.41, 5.74) is -0.974. The maximum atomic E-state index is 12.7. The summed E-state index contributed by atoms with van der Waals surface area (Å²) in [7, 11) is 4.05. The van der Waals surface area contributed by atoms with Gasteiger partial charge in [0.1, 0.15) is 6.10 Å². The summed E-state index contributed by atoms with van der Waals surface area (Å²) in [6.07, 6.45) is -0.128. The van der Waals surface area contributed by atoms with Gasteiger partial charge in [-0.3, -0.25) is 14.4 Å². The molecule has 0 unspecified atom stereocenters. The van der Waals surface area contributed by atoms with Gasteiger partial charge in [-0.15, -0.1) is 0 Å². The van der Waals surface area contributed by atoms with E-state index in [1.807, 2.05) is 0 Å². The molecule has 116 valence electrons. The van der Waals surface area contributed by atoms with Gasteiger partial charge in [-0.2, -0.15) is 0 Å². The lowest BCUT2D eigenvalue weighted by Gasteiger charge is -2.32. The predicted octanol–water partition coefficient (Wildman–Crippen LogP) is -0.0848. The van der Waals surface area contributed by atoms with Crippen LogP contribution in [-0.2, 0) is 33.3 Å². The van der Waals surface area contributed by atoms with Gasteiger partial charge in [0.25, 0.3) is 0 Å². The topological polar surface area (TPSA) is 88.1 Å². The fourth-order valence-corrected chi connectivity index (χ4v) is 4.70. The molecule has 0 radical (unpaired) electrons. The minimum Gasteiger partial charge on any atom is -0.469 e. The van der Waals surface area contributed by atoms with Crippen molar-refractivity contribution < 1.29 is 33.3 Å². The third-order valence-corrected chi connectivity index (χ3v) is 5.31. The fourth-order valence-electron chi connectivity index (χ4n) is 4.70. The molecular weight excluding hydrogens is 280 g/mol. The predicted molar refractivity (Wildman–Crippen MR) is 66.8 cm³/mol. The quantitative estimate of drug-likeness (QED) is 0.529. The average Bonchev–Trinajstić information content (AvgIpc) is 3.01. The van der Waals surface area contributed by atoms with Crippen molar-refractivity contribution >= 4 is 17.7 Å². The minimum absolute atomic E-state index is 0.262. The Hall–Kier alpha value is -1.47. The summed E-state index contributed by atoms with van der Waals surface area (Å²) in [6.45, 7) is 1.31. The van der Waals surface area contributed by atoms with Crippen LogP contribution < -0.4 is 0 Å². The highest BCUT2D eigenvalue weighted by atomic mass is 16.7. The molecule has 0 amide bonds. The van der Waals surface area contributed by atoms with E-state index in [0.29, 0.717) is 6.42 Å². The molecule has 3 rings (SSSR count). The number of carbonyl (C=O) groups is 3. The maximum absolute atomic E-state index is 12.7. The second kappa shape index (κ2) is 4.27. The van der Waals surface area contributed by atoms with Gasteiger partial charge < -0.3 is 18.9 Å². The van der Waals surface area contributed by atoms with Gasteiger partial charge in [-0.1, -0.05) is 0 Å². The van der Waals surface area contributed by atoms with Crippen LogP contribution in [0.15, 0.2) is 0 Å². The summed E-state index contributed by atoms with van der Waals surface area (Å²) < 4.78 is 20.9. The van der Waals surface area contributed by atoms with Crippen LogP contribution >= 0.6 is 0 Å². The highest BCUT2D eigenvalue weighted by Gasteiger charge is 2.92. The Morgan fingerprint density at radius 1 is 1.19 bits per heavy atom. The van der Waals surface area contributed by atoms with E-state index in [4.69, 9.17) is 18.9 Å². The van der Waals surface area contributed by atoms with Crippen molar-refractivity contribution in [3.05, 3.63) is 0 Å². The Morgan fingerprint density at radius 3 is 2.29 bits per heavy atom. The first kappa shape index (κ1) is 14.5. The molecule has 0 bridgehead atoms. The largest absolute Gasteiger partial charge is 0.469 e. The van der Waals surface area contributed by atoms with E-state index in [2.05, 4.69) is 0 Å². The molecule has 0 spiro atoms. The van der Waals surface area contributed by atoms with E-state index in [0.717, 1.165) is 0 Å². The molecule has 0 heterocycles. The molecule has 0 aromatic rings. The first-order valence-corrected chi connectivity index (χ1v) is 6.82. The number of methoxy groups -OCH3 is 3. The fraction of sp³-hybridized carbons (Fsp3) is 0.786. The van der Waals surface area contributed by atoms with E-state index >= 15 is 0 Å². The number of rotatable bonds is 4. The van der Waals surface area contributed by atoms with Crippen LogP contribution in [0.25, 0.3) is 0 Å². The van der Waals surface area contributed by atoms with Gasteiger partial charge in [0.05, 0.1) is 12.5 Å². The van der Waals surface area contributed by atoms with Crippen LogP contribution in [0.4, 0.5) is 0 Å². The number of esters is 2. The van der Waals surface area contributed by atoms with Gasteiger partial charge in [-0.25, -0.2) is 0 Å². The molecule has 3 saturated carbocycles. The number of ketones is 1. The molecular formula is C14H18O7. The molecule has 0 N–H and O–H groups in total. The molecule has 3 fully saturated rings. The Bertz CT molecular complexity index is 523. The molecule has 21 heavy (non-hydrogen) atoms. The lowest BCUT2D eigenvalue weighted by Crippen LogP contribution is -2.48. The van der Waals surface area contributed by atoms with Gasteiger partial charge in [-0.05, 0) is 6.42 Å². The molecule has 0 aromatic carbocycles. The summed E-state index contributed by atoms with van der Waals surface area (Å²) >= 11 is 0. The van der Waals surface area contributed by atoms with Crippen LogP contribution in [0.1, 0.15) is 13.3 Å². The van der Waals surface area contributed by atoms with Crippen LogP contribution in [0.3, 0.4) is 0 Å². The van der Waals surface area contributed by atoms with Crippen molar-refractivity contribution in [3.63, 3.8) is 0 Å². The number of Topliss-reactive ketones (excluding diaryl/α,β-unsaturated/α-hetero) is 1. The maximum Gasteiger partial charge on any atom is 0.313 e.